The van der Waals surface area contributed by atoms with Crippen LogP contribution in [0.25, 0.3) is 0 Å². The highest BCUT2D eigenvalue weighted by Crippen LogP contribution is 2.39. The van der Waals surface area contributed by atoms with E-state index in [9.17, 15) is 9.90 Å². The number of hydrogen-bond acceptors (Lipinski definition) is 3. The van der Waals surface area contributed by atoms with Gasteiger partial charge in [-0.25, -0.2) is 4.79 Å². The molecule has 0 spiro atoms. The van der Waals surface area contributed by atoms with Crippen molar-refractivity contribution in [2.75, 3.05) is 18.2 Å². The van der Waals surface area contributed by atoms with Crippen LogP contribution in [0.3, 0.4) is 0 Å². The second-order valence-corrected chi connectivity index (χ2v) is 6.56. The molecule has 20 heavy (non-hydrogen) atoms. The second kappa shape index (κ2) is 6.24. The van der Waals surface area contributed by atoms with Crippen molar-refractivity contribution in [3.05, 3.63) is 23.2 Å². The van der Waals surface area contributed by atoms with Gasteiger partial charge < -0.3 is 15.7 Å². The molecule has 0 heterocycles. The van der Waals surface area contributed by atoms with Gasteiger partial charge in [0.2, 0.25) is 0 Å². The van der Waals surface area contributed by atoms with Crippen LogP contribution in [0.2, 0.25) is 5.02 Å². The summed E-state index contributed by atoms with van der Waals surface area (Å²) in [6, 6.07) is 5.07. The second-order valence-electron chi connectivity index (χ2n) is 5.27. The fourth-order valence-electron chi connectivity index (χ4n) is 2.18. The molecule has 1 unspecified atom stereocenters. The molecule has 1 fully saturated rings. The largest absolute Gasteiger partial charge is 0.394 e. The average molecular weight is 315 g/mol. The van der Waals surface area contributed by atoms with E-state index in [1.165, 1.54) is 11.8 Å². The normalized spacial score (nSPS) is 17.4. The molecule has 1 saturated carbocycles. The molecule has 110 valence electrons. The van der Waals surface area contributed by atoms with Gasteiger partial charge in [0.15, 0.2) is 0 Å². The first-order chi connectivity index (χ1) is 9.48. The monoisotopic (exact) mass is 314 g/mol. The molecule has 6 heteroatoms. The lowest BCUT2D eigenvalue weighted by Crippen LogP contribution is -2.52. The lowest BCUT2D eigenvalue weighted by Gasteiger charge is -2.29. The van der Waals surface area contributed by atoms with Crippen LogP contribution in [0.4, 0.5) is 10.5 Å². The summed E-state index contributed by atoms with van der Waals surface area (Å²) in [7, 11) is 0. The lowest BCUT2D eigenvalue weighted by atomic mass is 9.97. The predicted octanol–water partition coefficient (Wildman–Crippen LogP) is 3.34. The number of anilines is 1. The molecule has 3 N–H and O–H groups in total. The van der Waals surface area contributed by atoms with Gasteiger partial charge in [0.05, 0.1) is 17.8 Å². The van der Waals surface area contributed by atoms with Crippen molar-refractivity contribution in [1.29, 1.82) is 0 Å². The first-order valence-electron chi connectivity index (χ1n) is 6.52. The zero-order valence-corrected chi connectivity index (χ0v) is 13.1. The average Bonchev–Trinajstić information content (AvgIpc) is 3.23. The maximum Gasteiger partial charge on any atom is 0.319 e. The standard InChI is InChI=1S/C14H19ClN2O2S/c1-14(8-18,9-3-4-9)17-13(19)16-11-7-10(15)5-6-12(11)20-2/h5-7,9,18H,3-4,8H2,1-2H3,(H2,16,17,19). The summed E-state index contributed by atoms with van der Waals surface area (Å²) >= 11 is 7.50. The van der Waals surface area contributed by atoms with Crippen molar-refractivity contribution >= 4 is 35.1 Å². The van der Waals surface area contributed by atoms with E-state index in [-0.39, 0.29) is 12.6 Å². The quantitative estimate of drug-likeness (QED) is 0.730. The van der Waals surface area contributed by atoms with Gasteiger partial charge >= 0.3 is 6.03 Å². The number of carbonyl (C=O) groups is 1. The Morgan fingerprint density at radius 3 is 2.80 bits per heavy atom. The highest BCUT2D eigenvalue weighted by atomic mass is 35.5. The number of aliphatic hydroxyl groups excluding tert-OH is 1. The number of hydrogen-bond donors (Lipinski definition) is 3. The molecule has 0 aliphatic heterocycles. The Labute approximate surface area is 128 Å². The zero-order chi connectivity index (χ0) is 14.8. The molecule has 1 atom stereocenters. The number of thioether (sulfide) groups is 1. The Balaban J connectivity index is 2.06. The van der Waals surface area contributed by atoms with E-state index in [1.54, 1.807) is 12.1 Å². The van der Waals surface area contributed by atoms with Gasteiger partial charge in [-0.2, -0.15) is 0 Å². The van der Waals surface area contributed by atoms with Crippen LogP contribution >= 0.6 is 23.4 Å². The first-order valence-corrected chi connectivity index (χ1v) is 8.12. The summed E-state index contributed by atoms with van der Waals surface area (Å²) in [5.74, 6) is 0.359. The maximum absolute atomic E-state index is 12.1. The molecular weight excluding hydrogens is 296 g/mol. The van der Waals surface area contributed by atoms with E-state index < -0.39 is 5.54 Å². The van der Waals surface area contributed by atoms with E-state index in [2.05, 4.69) is 10.6 Å². The molecule has 4 nitrogen and oxygen atoms in total. The van der Waals surface area contributed by atoms with Crippen molar-refractivity contribution in [3.8, 4) is 0 Å². The fraction of sp³-hybridized carbons (Fsp3) is 0.500. The van der Waals surface area contributed by atoms with Crippen LogP contribution in [0.5, 0.6) is 0 Å². The topological polar surface area (TPSA) is 61.4 Å². The summed E-state index contributed by atoms with van der Waals surface area (Å²) in [4.78, 5) is 13.1. The Morgan fingerprint density at radius 1 is 1.55 bits per heavy atom. The van der Waals surface area contributed by atoms with Crippen molar-refractivity contribution < 1.29 is 9.90 Å². The molecule has 0 radical (unpaired) electrons. The summed E-state index contributed by atoms with van der Waals surface area (Å²) in [5.41, 5.74) is 0.126. The molecule has 1 aromatic carbocycles. The van der Waals surface area contributed by atoms with Gasteiger partial charge in [-0.15, -0.1) is 11.8 Å². The van der Waals surface area contributed by atoms with Crippen LogP contribution in [-0.4, -0.2) is 29.5 Å². The number of halogens is 1. The van der Waals surface area contributed by atoms with Crippen LogP contribution < -0.4 is 10.6 Å². The molecule has 0 aromatic heterocycles. The summed E-state index contributed by atoms with van der Waals surface area (Å²) < 4.78 is 0. The zero-order valence-electron chi connectivity index (χ0n) is 11.6. The number of benzene rings is 1. The molecule has 2 amide bonds. The minimum Gasteiger partial charge on any atom is -0.394 e. The SMILES string of the molecule is CSc1ccc(Cl)cc1NC(=O)NC(C)(CO)C1CC1. The summed E-state index contributed by atoms with van der Waals surface area (Å²) in [5, 5.41) is 15.7. The van der Waals surface area contributed by atoms with Crippen molar-refractivity contribution in [2.24, 2.45) is 5.92 Å². The van der Waals surface area contributed by atoms with Crippen LogP contribution in [-0.2, 0) is 0 Å². The van der Waals surface area contributed by atoms with Crippen LogP contribution in [0.1, 0.15) is 19.8 Å². The number of nitrogens with one attached hydrogen (secondary N) is 2. The Kier molecular flexibility index (Phi) is 4.83. The molecule has 2 rings (SSSR count). The maximum atomic E-state index is 12.1. The third-order valence-corrected chi connectivity index (χ3v) is 4.65. The highest BCUT2D eigenvalue weighted by Gasteiger charge is 2.42. The van der Waals surface area contributed by atoms with E-state index in [0.29, 0.717) is 16.6 Å². The molecule has 1 aromatic rings. The molecule has 1 aliphatic rings. The van der Waals surface area contributed by atoms with Gasteiger partial charge in [0.25, 0.3) is 0 Å². The third-order valence-electron chi connectivity index (χ3n) is 3.62. The molecule has 0 bridgehead atoms. The Morgan fingerprint density at radius 2 is 2.25 bits per heavy atom. The smallest absolute Gasteiger partial charge is 0.319 e. The van der Waals surface area contributed by atoms with E-state index in [4.69, 9.17) is 11.6 Å². The lowest BCUT2D eigenvalue weighted by molar-refractivity contribution is 0.159. The number of aliphatic hydroxyl groups is 1. The van der Waals surface area contributed by atoms with Crippen molar-refractivity contribution in [1.82, 2.24) is 5.32 Å². The number of carbonyl (C=O) groups excluding carboxylic acids is 1. The molecular formula is C14H19ClN2O2S. The minimum absolute atomic E-state index is 0.0595. The predicted molar refractivity (Wildman–Crippen MR) is 83.6 cm³/mol. The van der Waals surface area contributed by atoms with E-state index in [0.717, 1.165) is 17.7 Å². The van der Waals surface area contributed by atoms with Gasteiger partial charge in [0, 0.05) is 9.92 Å². The summed E-state index contributed by atoms with van der Waals surface area (Å²) in [6.07, 6.45) is 4.03. The Hall–Kier alpha value is -0.910. The van der Waals surface area contributed by atoms with Gasteiger partial charge in [-0.3, -0.25) is 0 Å². The van der Waals surface area contributed by atoms with Gasteiger partial charge in [-0.1, -0.05) is 11.6 Å². The van der Waals surface area contributed by atoms with Crippen LogP contribution in [0, 0.1) is 5.92 Å². The highest BCUT2D eigenvalue weighted by molar-refractivity contribution is 7.98. The summed E-state index contributed by atoms with van der Waals surface area (Å²) in [6.45, 7) is 1.81. The van der Waals surface area contributed by atoms with Crippen molar-refractivity contribution in [3.63, 3.8) is 0 Å². The minimum atomic E-state index is -0.553. The van der Waals surface area contributed by atoms with Crippen LogP contribution in [0.15, 0.2) is 23.1 Å². The first kappa shape index (κ1) is 15.5. The third kappa shape index (κ3) is 3.59. The molecule has 1 aliphatic carbocycles. The fourth-order valence-corrected chi connectivity index (χ4v) is 2.89. The Bertz CT molecular complexity index is 508. The molecule has 0 saturated heterocycles. The van der Waals surface area contributed by atoms with E-state index >= 15 is 0 Å². The van der Waals surface area contributed by atoms with Gasteiger partial charge in [-0.05, 0) is 50.1 Å². The van der Waals surface area contributed by atoms with Crippen molar-refractivity contribution in [2.45, 2.75) is 30.2 Å². The number of rotatable bonds is 5. The number of amides is 2. The van der Waals surface area contributed by atoms with E-state index in [1.807, 2.05) is 19.2 Å². The van der Waals surface area contributed by atoms with Gasteiger partial charge in [0.1, 0.15) is 0 Å². The number of urea groups is 1.